The van der Waals surface area contributed by atoms with E-state index < -0.39 is 0 Å². The van der Waals surface area contributed by atoms with Gasteiger partial charge in [0.2, 0.25) is 0 Å². The van der Waals surface area contributed by atoms with Gasteiger partial charge in [-0.3, -0.25) is 4.79 Å². The van der Waals surface area contributed by atoms with Crippen LogP contribution in [0.25, 0.3) is 0 Å². The van der Waals surface area contributed by atoms with Crippen molar-refractivity contribution in [2.45, 2.75) is 26.2 Å². The van der Waals surface area contributed by atoms with Crippen LogP contribution in [0.4, 0.5) is 5.82 Å². The number of benzene rings is 1. The number of nitrogens with zero attached hydrogens (tertiary/aromatic N) is 3. The van der Waals surface area contributed by atoms with Crippen molar-refractivity contribution in [1.82, 2.24) is 9.88 Å². The molecular weight excluding hydrogens is 310 g/mol. The van der Waals surface area contributed by atoms with Crippen LogP contribution in [0.1, 0.15) is 39.4 Å². The summed E-state index contributed by atoms with van der Waals surface area (Å²) in [4.78, 5) is 21.6. The van der Waals surface area contributed by atoms with Crippen molar-refractivity contribution in [3.05, 3.63) is 65.2 Å². The number of amides is 1. The van der Waals surface area contributed by atoms with E-state index in [0.717, 1.165) is 37.6 Å². The first-order chi connectivity index (χ1) is 12.1. The van der Waals surface area contributed by atoms with Crippen molar-refractivity contribution >= 4 is 11.7 Å². The molecule has 1 amide bonds. The Bertz CT molecular complexity index is 772. The highest BCUT2D eigenvalue weighted by Gasteiger charge is 2.26. The highest BCUT2D eigenvalue weighted by atomic mass is 16.2. The van der Waals surface area contributed by atoms with Crippen LogP contribution >= 0.6 is 0 Å². The molecule has 129 valence electrons. The monoisotopic (exact) mass is 334 g/mol. The van der Waals surface area contributed by atoms with Crippen molar-refractivity contribution in [3.63, 3.8) is 0 Å². The highest BCUT2D eigenvalue weighted by molar-refractivity contribution is 5.94. The van der Waals surface area contributed by atoms with Gasteiger partial charge in [-0.25, -0.2) is 4.98 Å². The molecule has 1 aromatic carbocycles. The summed E-state index contributed by atoms with van der Waals surface area (Å²) in [6.07, 6.45) is 5.37. The molecule has 0 N–H and O–H groups in total. The van der Waals surface area contributed by atoms with Crippen LogP contribution in [0, 0.1) is 20.3 Å². The van der Waals surface area contributed by atoms with Gasteiger partial charge in [0.15, 0.2) is 0 Å². The molecule has 4 nitrogen and oxygen atoms in total. The third-order valence-corrected chi connectivity index (χ3v) is 5.11. The molecule has 1 unspecified atom stereocenters. The van der Waals surface area contributed by atoms with E-state index in [2.05, 4.69) is 48.4 Å². The van der Waals surface area contributed by atoms with Crippen LogP contribution in [-0.4, -0.2) is 42.0 Å². The lowest BCUT2D eigenvalue weighted by Crippen LogP contribution is -2.49. The number of hydrogen-bond donors (Lipinski definition) is 0. The van der Waals surface area contributed by atoms with E-state index >= 15 is 0 Å². The summed E-state index contributed by atoms with van der Waals surface area (Å²) in [6, 6.07) is 10.3. The maximum Gasteiger partial charge on any atom is 0.253 e. The van der Waals surface area contributed by atoms with Crippen molar-refractivity contribution in [2.24, 2.45) is 0 Å². The van der Waals surface area contributed by atoms with E-state index in [1.807, 2.05) is 23.2 Å². The van der Waals surface area contributed by atoms with Gasteiger partial charge in [0.05, 0.1) is 0 Å². The zero-order chi connectivity index (χ0) is 17.4. The predicted molar refractivity (Wildman–Crippen MR) is 99.9 cm³/mol. The van der Waals surface area contributed by atoms with Crippen molar-refractivity contribution in [2.75, 3.05) is 31.1 Å². The molecule has 1 atom stereocenters. The minimum atomic E-state index is 0.138. The summed E-state index contributed by atoms with van der Waals surface area (Å²) >= 11 is 0. The third kappa shape index (κ3) is 3.39. The first-order valence-electron chi connectivity index (χ1n) is 9.02. The number of aryl methyl sites for hydroxylation is 2. The summed E-state index contributed by atoms with van der Waals surface area (Å²) in [5.41, 5.74) is 4.50. The van der Waals surface area contributed by atoms with Crippen LogP contribution < -0.4 is 4.90 Å². The molecule has 1 saturated carbocycles. The Morgan fingerprint density at radius 3 is 2.36 bits per heavy atom. The second-order valence-electron chi connectivity index (χ2n) is 7.13. The Balaban J connectivity index is 1.39. The van der Waals surface area contributed by atoms with Crippen molar-refractivity contribution in [3.8, 4) is 0 Å². The number of rotatable bonds is 3. The molecule has 0 bridgehead atoms. The minimum Gasteiger partial charge on any atom is -0.353 e. The van der Waals surface area contributed by atoms with Crippen molar-refractivity contribution in [1.29, 1.82) is 0 Å². The average Bonchev–Trinajstić information content (AvgIpc) is 3.47. The van der Waals surface area contributed by atoms with Gasteiger partial charge in [0, 0.05) is 37.9 Å². The maximum absolute atomic E-state index is 12.7. The zero-order valence-corrected chi connectivity index (χ0v) is 14.9. The quantitative estimate of drug-likeness (QED) is 0.864. The number of carbonyl (C=O) groups is 1. The molecule has 4 heteroatoms. The molecule has 25 heavy (non-hydrogen) atoms. The molecule has 1 aromatic heterocycles. The van der Waals surface area contributed by atoms with Crippen LogP contribution in [0.3, 0.4) is 0 Å². The summed E-state index contributed by atoms with van der Waals surface area (Å²) in [6.45, 7) is 7.31. The van der Waals surface area contributed by atoms with Gasteiger partial charge in [0.25, 0.3) is 5.91 Å². The molecule has 2 fully saturated rings. The molecule has 1 saturated heterocycles. The number of anilines is 1. The van der Waals surface area contributed by atoms with E-state index in [1.165, 1.54) is 23.1 Å². The summed E-state index contributed by atoms with van der Waals surface area (Å²) in [7, 11) is 0. The molecule has 2 aromatic rings. The van der Waals surface area contributed by atoms with Gasteiger partial charge < -0.3 is 9.80 Å². The minimum absolute atomic E-state index is 0.138. The van der Waals surface area contributed by atoms with Gasteiger partial charge in [-0.1, -0.05) is 18.2 Å². The lowest BCUT2D eigenvalue weighted by Gasteiger charge is -2.36. The molecule has 4 rings (SSSR count). The fourth-order valence-corrected chi connectivity index (χ4v) is 3.56. The second-order valence-corrected chi connectivity index (χ2v) is 7.13. The van der Waals surface area contributed by atoms with Gasteiger partial charge in [-0.15, -0.1) is 0 Å². The van der Waals surface area contributed by atoms with E-state index in [1.54, 1.807) is 0 Å². The van der Waals surface area contributed by atoms with E-state index in [4.69, 9.17) is 0 Å². The summed E-state index contributed by atoms with van der Waals surface area (Å²) in [5, 5.41) is 0. The van der Waals surface area contributed by atoms with Crippen LogP contribution in [-0.2, 0) is 0 Å². The number of piperazine rings is 1. The predicted octanol–water partition coefficient (Wildman–Crippen LogP) is 3.35. The highest BCUT2D eigenvalue weighted by Crippen LogP contribution is 2.38. The number of hydrogen-bond acceptors (Lipinski definition) is 3. The number of aromatic nitrogens is 1. The van der Waals surface area contributed by atoms with E-state index in [-0.39, 0.29) is 5.91 Å². The van der Waals surface area contributed by atoms with Gasteiger partial charge >= 0.3 is 0 Å². The topological polar surface area (TPSA) is 36.4 Å². The SMILES string of the molecule is Cc1cnc(N2CCN(C(=O)c3ccc(C4[CH]C4)cc3)CC2)c(C)c1. The molecule has 2 aliphatic rings. The molecule has 1 aliphatic carbocycles. The fourth-order valence-electron chi connectivity index (χ4n) is 3.56. The molecular formula is C21H24N3O. The van der Waals surface area contributed by atoms with Crippen LogP contribution in [0.2, 0.25) is 0 Å². The zero-order valence-electron chi connectivity index (χ0n) is 14.9. The number of pyridine rings is 1. The molecule has 2 heterocycles. The van der Waals surface area contributed by atoms with E-state index in [0.29, 0.717) is 5.92 Å². The third-order valence-electron chi connectivity index (χ3n) is 5.11. The van der Waals surface area contributed by atoms with Crippen LogP contribution in [0.5, 0.6) is 0 Å². The Labute approximate surface area is 149 Å². The largest absolute Gasteiger partial charge is 0.353 e. The first kappa shape index (κ1) is 16.1. The summed E-state index contributed by atoms with van der Waals surface area (Å²) in [5.74, 6) is 1.79. The van der Waals surface area contributed by atoms with Gasteiger partial charge in [-0.2, -0.15) is 0 Å². The average molecular weight is 334 g/mol. The van der Waals surface area contributed by atoms with E-state index in [9.17, 15) is 4.79 Å². The normalized spacial score (nSPS) is 17.7. The van der Waals surface area contributed by atoms with Crippen LogP contribution in [0.15, 0.2) is 36.5 Å². The molecule has 1 radical (unpaired) electrons. The maximum atomic E-state index is 12.7. The molecule has 0 spiro atoms. The Hall–Kier alpha value is -2.36. The Morgan fingerprint density at radius 1 is 1.08 bits per heavy atom. The summed E-state index contributed by atoms with van der Waals surface area (Å²) < 4.78 is 0. The van der Waals surface area contributed by atoms with Gasteiger partial charge in [-0.05, 0) is 61.4 Å². The van der Waals surface area contributed by atoms with Crippen molar-refractivity contribution < 1.29 is 4.79 Å². The lowest BCUT2D eigenvalue weighted by atomic mass is 10.1. The smallest absolute Gasteiger partial charge is 0.253 e. The number of carbonyl (C=O) groups excluding carboxylic acids is 1. The Kier molecular flexibility index (Phi) is 4.20. The second kappa shape index (κ2) is 6.51. The van der Waals surface area contributed by atoms with Gasteiger partial charge in [0.1, 0.15) is 5.82 Å². The Morgan fingerprint density at radius 2 is 1.76 bits per heavy atom. The standard InChI is InChI=1S/C21H24N3O/c1-15-13-16(2)20(22-14-15)23-9-11-24(12-10-23)21(25)19-7-5-18(6-8-19)17-3-4-17/h3,5-8,13-14,17H,4,9-12H2,1-2H3. The fraction of sp³-hybridized carbons (Fsp3) is 0.381. The first-order valence-corrected chi connectivity index (χ1v) is 9.02. The lowest BCUT2D eigenvalue weighted by molar-refractivity contribution is 0.0746. The molecule has 1 aliphatic heterocycles.